The predicted octanol–water partition coefficient (Wildman–Crippen LogP) is 1.52. The van der Waals surface area contributed by atoms with Crippen LogP contribution in [0.4, 0.5) is 0 Å². The molecular weight excluding hydrogens is 272 g/mol. The number of aromatic nitrogens is 3. The molecule has 0 saturated carbocycles. The van der Waals surface area contributed by atoms with Crippen LogP contribution >= 0.6 is 0 Å². The van der Waals surface area contributed by atoms with Gasteiger partial charge in [0, 0.05) is 37.8 Å². The summed E-state index contributed by atoms with van der Waals surface area (Å²) in [6, 6.07) is 0. The van der Waals surface area contributed by atoms with Crippen LogP contribution in [-0.2, 0) is 4.74 Å². The van der Waals surface area contributed by atoms with Crippen LogP contribution in [0.1, 0.15) is 40.2 Å². The van der Waals surface area contributed by atoms with Gasteiger partial charge in [-0.1, -0.05) is 0 Å². The van der Waals surface area contributed by atoms with E-state index in [2.05, 4.69) is 20.5 Å². The van der Waals surface area contributed by atoms with E-state index in [0.29, 0.717) is 30.5 Å². The van der Waals surface area contributed by atoms with Gasteiger partial charge in [0.15, 0.2) is 11.6 Å². The number of hydrogen-bond acceptors (Lipinski definition) is 5. The van der Waals surface area contributed by atoms with E-state index in [0.717, 1.165) is 12.0 Å². The molecule has 21 heavy (non-hydrogen) atoms. The summed E-state index contributed by atoms with van der Waals surface area (Å²) in [6.45, 7) is 4.70. The maximum atomic E-state index is 12.1. The molecule has 1 amide bonds. The molecule has 1 fully saturated rings. The molecule has 3 heterocycles. The summed E-state index contributed by atoms with van der Waals surface area (Å²) in [6.07, 6.45) is 4.47. The summed E-state index contributed by atoms with van der Waals surface area (Å²) in [5.74, 6) is 1.07. The molecule has 1 aliphatic rings. The largest absolute Gasteiger partial charge is 0.445 e. The van der Waals surface area contributed by atoms with Crippen LogP contribution in [0.2, 0.25) is 0 Å². The van der Waals surface area contributed by atoms with Gasteiger partial charge in [0.25, 0.3) is 5.91 Å². The molecule has 2 N–H and O–H groups in total. The summed E-state index contributed by atoms with van der Waals surface area (Å²) in [7, 11) is 0. The van der Waals surface area contributed by atoms with Crippen molar-refractivity contribution in [2.75, 3.05) is 13.2 Å². The van der Waals surface area contributed by atoms with Crippen LogP contribution in [0.25, 0.3) is 0 Å². The minimum atomic E-state index is -0.206. The van der Waals surface area contributed by atoms with E-state index in [1.807, 2.05) is 6.20 Å². The van der Waals surface area contributed by atoms with Crippen molar-refractivity contribution in [3.8, 4) is 0 Å². The second-order valence-corrected chi connectivity index (χ2v) is 5.22. The van der Waals surface area contributed by atoms with E-state index in [-0.39, 0.29) is 17.9 Å². The van der Waals surface area contributed by atoms with Crippen molar-refractivity contribution >= 4 is 5.91 Å². The summed E-state index contributed by atoms with van der Waals surface area (Å²) in [4.78, 5) is 16.2. The zero-order valence-corrected chi connectivity index (χ0v) is 12.0. The highest BCUT2D eigenvalue weighted by atomic mass is 16.5. The highest BCUT2D eigenvalue weighted by Crippen LogP contribution is 2.33. The monoisotopic (exact) mass is 290 g/mol. The molecule has 7 nitrogen and oxygen atoms in total. The Bertz CT molecular complexity index is 620. The molecule has 0 aliphatic carbocycles. The van der Waals surface area contributed by atoms with Crippen molar-refractivity contribution in [1.29, 1.82) is 0 Å². The molecule has 0 bridgehead atoms. The Kier molecular flexibility index (Phi) is 3.74. The van der Waals surface area contributed by atoms with Crippen LogP contribution in [-0.4, -0.2) is 34.2 Å². The molecule has 2 atom stereocenters. The summed E-state index contributed by atoms with van der Waals surface area (Å²) in [5, 5.41) is 9.65. The van der Waals surface area contributed by atoms with Crippen LogP contribution in [0.3, 0.4) is 0 Å². The summed E-state index contributed by atoms with van der Waals surface area (Å²) in [5.41, 5.74) is 1.37. The standard InChI is InChI=1S/C14H18N4O3/c1-8-12(18-9(2)21-8)14(19)15-5-10-3-4-20-13(10)11-6-16-17-7-11/h6-7,10,13H,3-5H2,1-2H3,(H,15,19)(H,16,17)/t10-,13+/m1/s1. The van der Waals surface area contributed by atoms with E-state index < -0.39 is 0 Å². The lowest BCUT2D eigenvalue weighted by Gasteiger charge is -2.17. The Hall–Kier alpha value is -2.15. The first-order valence-corrected chi connectivity index (χ1v) is 6.97. The van der Waals surface area contributed by atoms with Gasteiger partial charge in [0.2, 0.25) is 0 Å². The number of aromatic amines is 1. The molecule has 0 aromatic carbocycles. The number of nitrogens with one attached hydrogen (secondary N) is 2. The van der Waals surface area contributed by atoms with E-state index in [1.165, 1.54) is 0 Å². The fourth-order valence-corrected chi connectivity index (χ4v) is 2.67. The second kappa shape index (κ2) is 5.69. The number of nitrogens with zero attached hydrogens (tertiary/aromatic N) is 2. The first kappa shape index (κ1) is 13.8. The molecule has 1 aliphatic heterocycles. The lowest BCUT2D eigenvalue weighted by atomic mass is 9.97. The van der Waals surface area contributed by atoms with E-state index >= 15 is 0 Å². The average Bonchev–Trinajstić information content (AvgIpc) is 3.15. The molecule has 0 unspecified atom stereocenters. The molecule has 2 aromatic rings. The summed E-state index contributed by atoms with van der Waals surface area (Å²) < 4.78 is 11.0. The van der Waals surface area contributed by atoms with Crippen molar-refractivity contribution < 1.29 is 13.9 Å². The van der Waals surface area contributed by atoms with Crippen LogP contribution in [0, 0.1) is 19.8 Å². The molecule has 0 spiro atoms. The topological polar surface area (TPSA) is 93.0 Å². The molecule has 112 valence electrons. The maximum absolute atomic E-state index is 12.1. The number of amides is 1. The van der Waals surface area contributed by atoms with Crippen molar-refractivity contribution in [2.45, 2.75) is 26.4 Å². The van der Waals surface area contributed by atoms with E-state index in [1.54, 1.807) is 20.0 Å². The predicted molar refractivity (Wildman–Crippen MR) is 73.7 cm³/mol. The Morgan fingerprint density at radius 2 is 2.38 bits per heavy atom. The third-order valence-electron chi connectivity index (χ3n) is 3.71. The Labute approximate surface area is 122 Å². The lowest BCUT2D eigenvalue weighted by Crippen LogP contribution is -2.31. The zero-order valence-electron chi connectivity index (χ0n) is 12.0. The quantitative estimate of drug-likeness (QED) is 0.890. The normalized spacial score (nSPS) is 21.6. The lowest BCUT2D eigenvalue weighted by molar-refractivity contribution is 0.0844. The van der Waals surface area contributed by atoms with E-state index in [4.69, 9.17) is 9.15 Å². The van der Waals surface area contributed by atoms with Gasteiger partial charge in [0.05, 0.1) is 12.3 Å². The zero-order chi connectivity index (χ0) is 14.8. The number of carbonyl (C=O) groups is 1. The number of hydrogen-bond donors (Lipinski definition) is 2. The molecule has 1 saturated heterocycles. The smallest absolute Gasteiger partial charge is 0.273 e. The fraction of sp³-hybridized carbons (Fsp3) is 0.500. The third-order valence-corrected chi connectivity index (χ3v) is 3.71. The minimum Gasteiger partial charge on any atom is -0.445 e. The van der Waals surface area contributed by atoms with Crippen molar-refractivity contribution in [1.82, 2.24) is 20.5 Å². The van der Waals surface area contributed by atoms with Crippen molar-refractivity contribution in [3.63, 3.8) is 0 Å². The van der Waals surface area contributed by atoms with E-state index in [9.17, 15) is 4.79 Å². The number of rotatable bonds is 4. The Morgan fingerprint density at radius 3 is 3.05 bits per heavy atom. The third kappa shape index (κ3) is 2.82. The van der Waals surface area contributed by atoms with Gasteiger partial charge >= 0.3 is 0 Å². The van der Waals surface area contributed by atoms with Crippen LogP contribution in [0.5, 0.6) is 0 Å². The van der Waals surface area contributed by atoms with Crippen LogP contribution in [0.15, 0.2) is 16.8 Å². The number of H-pyrrole nitrogens is 1. The molecule has 7 heteroatoms. The molecule has 3 rings (SSSR count). The molecular formula is C14H18N4O3. The minimum absolute atomic E-state index is 0.0239. The molecule has 2 aromatic heterocycles. The van der Waals surface area contributed by atoms with Gasteiger partial charge in [-0.15, -0.1) is 0 Å². The van der Waals surface area contributed by atoms with Crippen LogP contribution < -0.4 is 5.32 Å². The first-order chi connectivity index (χ1) is 10.1. The number of oxazole rings is 1. The average molecular weight is 290 g/mol. The van der Waals surface area contributed by atoms with Gasteiger partial charge in [0.1, 0.15) is 5.76 Å². The Morgan fingerprint density at radius 1 is 1.52 bits per heavy atom. The first-order valence-electron chi connectivity index (χ1n) is 6.97. The van der Waals surface area contributed by atoms with Crippen molar-refractivity contribution in [2.24, 2.45) is 5.92 Å². The van der Waals surface area contributed by atoms with Gasteiger partial charge in [-0.25, -0.2) is 4.98 Å². The van der Waals surface area contributed by atoms with Gasteiger partial charge in [-0.05, 0) is 13.3 Å². The SMILES string of the molecule is Cc1nc(C(=O)NC[C@H]2CCO[C@@H]2c2cn[nH]c2)c(C)o1. The number of aryl methyl sites for hydroxylation is 2. The Balaban J connectivity index is 1.62. The fourth-order valence-electron chi connectivity index (χ4n) is 2.67. The highest BCUT2D eigenvalue weighted by Gasteiger charge is 2.31. The second-order valence-electron chi connectivity index (χ2n) is 5.22. The number of ether oxygens (including phenoxy) is 1. The highest BCUT2D eigenvalue weighted by molar-refractivity contribution is 5.93. The van der Waals surface area contributed by atoms with Gasteiger partial charge < -0.3 is 14.5 Å². The van der Waals surface area contributed by atoms with Gasteiger partial charge in [-0.3, -0.25) is 9.89 Å². The molecule has 0 radical (unpaired) electrons. The maximum Gasteiger partial charge on any atom is 0.273 e. The summed E-state index contributed by atoms with van der Waals surface area (Å²) >= 11 is 0. The number of carbonyl (C=O) groups excluding carboxylic acids is 1. The van der Waals surface area contributed by atoms with Crippen molar-refractivity contribution in [3.05, 3.63) is 35.3 Å². The van der Waals surface area contributed by atoms with Gasteiger partial charge in [-0.2, -0.15) is 5.10 Å².